The molecule has 2 aromatic carbocycles. The summed E-state index contributed by atoms with van der Waals surface area (Å²) < 4.78 is 5.68. The van der Waals surface area contributed by atoms with Crippen LogP contribution in [0.25, 0.3) is 22.1 Å². The highest BCUT2D eigenvalue weighted by molar-refractivity contribution is 5.85. The molecule has 3 heterocycles. The molecule has 9 heteroatoms. The molecule has 2 N–H and O–H groups in total. The second-order valence-corrected chi connectivity index (χ2v) is 9.46. The van der Waals surface area contributed by atoms with Crippen LogP contribution in [-0.2, 0) is 0 Å². The maximum absolute atomic E-state index is 12.7. The first-order valence-electron chi connectivity index (χ1n) is 12.8. The van der Waals surface area contributed by atoms with E-state index in [1.165, 1.54) is 0 Å². The summed E-state index contributed by atoms with van der Waals surface area (Å²) in [5.41, 5.74) is 3.02. The average Bonchev–Trinajstić information content (AvgIpc) is 2.94. The Hall–Kier alpha value is -3.82. The molecule has 0 saturated carbocycles. The van der Waals surface area contributed by atoms with Gasteiger partial charge in [0.1, 0.15) is 11.3 Å². The Balaban J connectivity index is 1.41. The zero-order valence-corrected chi connectivity index (χ0v) is 21.2. The van der Waals surface area contributed by atoms with Gasteiger partial charge < -0.3 is 19.7 Å². The topological polar surface area (TPSA) is 108 Å². The lowest BCUT2D eigenvalue weighted by atomic mass is 9.98. The molecule has 5 rings (SSSR count). The highest BCUT2D eigenvalue weighted by Gasteiger charge is 2.28. The number of rotatable bonds is 8. The molecule has 1 saturated heterocycles. The van der Waals surface area contributed by atoms with E-state index < -0.39 is 0 Å². The summed E-state index contributed by atoms with van der Waals surface area (Å²) in [6.45, 7) is 7.07. The third kappa shape index (κ3) is 5.33. The van der Waals surface area contributed by atoms with E-state index in [1.54, 1.807) is 12.3 Å². The molecule has 192 valence electrons. The summed E-state index contributed by atoms with van der Waals surface area (Å²) in [5, 5.41) is 26.1. The van der Waals surface area contributed by atoms with Crippen molar-refractivity contribution >= 4 is 28.2 Å². The molecular formula is C28H32N6O3. The van der Waals surface area contributed by atoms with Gasteiger partial charge >= 0.3 is 5.63 Å². The summed E-state index contributed by atoms with van der Waals surface area (Å²) in [6.07, 6.45) is 3.94. The van der Waals surface area contributed by atoms with E-state index in [9.17, 15) is 9.90 Å². The zero-order valence-electron chi connectivity index (χ0n) is 21.2. The van der Waals surface area contributed by atoms with Gasteiger partial charge in [0.2, 0.25) is 0 Å². The SMILES string of the molecule is CCN(c1cnnnc1Nc1ccc2cc(-c3ccccc3)c(=O)oc2c1)C(C)N1CCCC(CO)C1. The van der Waals surface area contributed by atoms with E-state index in [-0.39, 0.29) is 18.4 Å². The number of hydrogen-bond acceptors (Lipinski definition) is 9. The Morgan fingerprint density at radius 1 is 1.22 bits per heavy atom. The van der Waals surface area contributed by atoms with Crippen molar-refractivity contribution in [2.75, 3.05) is 36.5 Å². The van der Waals surface area contributed by atoms with Gasteiger partial charge in [0.05, 0.1) is 17.9 Å². The molecule has 1 aliphatic rings. The molecule has 0 bridgehead atoms. The van der Waals surface area contributed by atoms with Gasteiger partial charge in [-0.15, -0.1) is 10.2 Å². The monoisotopic (exact) mass is 500 g/mol. The molecule has 1 fully saturated rings. The van der Waals surface area contributed by atoms with Crippen molar-refractivity contribution in [2.24, 2.45) is 5.92 Å². The molecule has 0 spiro atoms. The Kier molecular flexibility index (Phi) is 7.43. The molecule has 2 aromatic heterocycles. The van der Waals surface area contributed by atoms with Crippen LogP contribution in [-0.4, -0.2) is 57.8 Å². The molecule has 37 heavy (non-hydrogen) atoms. The van der Waals surface area contributed by atoms with Crippen LogP contribution in [0.5, 0.6) is 0 Å². The van der Waals surface area contributed by atoms with Gasteiger partial charge in [-0.2, -0.15) is 0 Å². The molecule has 0 radical (unpaired) electrons. The lowest BCUT2D eigenvalue weighted by Gasteiger charge is -2.42. The number of likely N-dealkylation sites (tertiary alicyclic amines) is 1. The van der Waals surface area contributed by atoms with Crippen LogP contribution in [0.4, 0.5) is 17.2 Å². The van der Waals surface area contributed by atoms with Crippen molar-refractivity contribution in [1.82, 2.24) is 20.3 Å². The lowest BCUT2D eigenvalue weighted by Crippen LogP contribution is -2.51. The quantitative estimate of drug-likeness (QED) is 0.343. The maximum atomic E-state index is 12.7. The standard InChI is InChI=1S/C28H32N6O3/c1-3-34(19(2)33-13-7-8-20(17-33)18-35)25-16-29-32-31-27(25)30-23-12-11-22-14-24(21-9-5-4-6-10-21)28(36)37-26(22)15-23/h4-6,9-12,14-16,19-20,35H,3,7-8,13,17-18H2,1-2H3,(H,29,30,31). The number of nitrogens with zero attached hydrogens (tertiary/aromatic N) is 5. The molecule has 0 aliphatic carbocycles. The van der Waals surface area contributed by atoms with Gasteiger partial charge in [-0.05, 0) is 61.6 Å². The van der Waals surface area contributed by atoms with Gasteiger partial charge in [0.15, 0.2) is 5.82 Å². The number of anilines is 3. The van der Waals surface area contributed by atoms with Gasteiger partial charge in [-0.3, -0.25) is 4.90 Å². The minimum absolute atomic E-state index is 0.0944. The van der Waals surface area contributed by atoms with E-state index >= 15 is 0 Å². The minimum Gasteiger partial charge on any atom is -0.422 e. The first-order chi connectivity index (χ1) is 18.1. The molecule has 2 atom stereocenters. The van der Waals surface area contributed by atoms with E-state index in [0.29, 0.717) is 22.9 Å². The van der Waals surface area contributed by atoms with Gasteiger partial charge in [0, 0.05) is 43.4 Å². The van der Waals surface area contributed by atoms with Crippen LogP contribution in [0.15, 0.2) is 70.0 Å². The van der Waals surface area contributed by atoms with E-state index in [2.05, 4.69) is 44.4 Å². The third-order valence-corrected chi connectivity index (χ3v) is 7.14. The Bertz CT molecular complexity index is 1410. The second kappa shape index (κ2) is 11.1. The summed E-state index contributed by atoms with van der Waals surface area (Å²) in [6, 6.07) is 17.0. The summed E-state index contributed by atoms with van der Waals surface area (Å²) >= 11 is 0. The fraction of sp³-hybridized carbons (Fsp3) is 0.357. The molecule has 0 amide bonds. The van der Waals surface area contributed by atoms with E-state index in [4.69, 9.17) is 4.42 Å². The van der Waals surface area contributed by atoms with Crippen molar-refractivity contribution in [3.63, 3.8) is 0 Å². The van der Waals surface area contributed by atoms with E-state index in [1.807, 2.05) is 48.5 Å². The number of piperidine rings is 1. The Labute approximate surface area is 215 Å². The number of hydrogen-bond donors (Lipinski definition) is 2. The van der Waals surface area contributed by atoms with Crippen molar-refractivity contribution in [2.45, 2.75) is 32.9 Å². The first kappa shape index (κ1) is 24.9. The second-order valence-electron chi connectivity index (χ2n) is 9.46. The molecule has 2 unspecified atom stereocenters. The molecule has 1 aliphatic heterocycles. The first-order valence-corrected chi connectivity index (χ1v) is 12.8. The van der Waals surface area contributed by atoms with Crippen molar-refractivity contribution in [1.29, 1.82) is 0 Å². The van der Waals surface area contributed by atoms with Crippen molar-refractivity contribution in [3.8, 4) is 11.1 Å². The van der Waals surface area contributed by atoms with Crippen LogP contribution in [0.2, 0.25) is 0 Å². The smallest absolute Gasteiger partial charge is 0.344 e. The average molecular weight is 501 g/mol. The van der Waals surface area contributed by atoms with Gasteiger partial charge in [-0.1, -0.05) is 30.3 Å². The molecule has 4 aromatic rings. The van der Waals surface area contributed by atoms with Gasteiger partial charge in [-0.25, -0.2) is 4.79 Å². The maximum Gasteiger partial charge on any atom is 0.344 e. The normalized spacial score (nSPS) is 17.0. The fourth-order valence-electron chi connectivity index (χ4n) is 5.13. The summed E-state index contributed by atoms with van der Waals surface area (Å²) in [5.74, 6) is 0.873. The largest absolute Gasteiger partial charge is 0.422 e. The van der Waals surface area contributed by atoms with Gasteiger partial charge in [0.25, 0.3) is 0 Å². The minimum atomic E-state index is -0.381. The van der Waals surface area contributed by atoms with Crippen LogP contribution in [0, 0.1) is 5.92 Å². The summed E-state index contributed by atoms with van der Waals surface area (Å²) in [7, 11) is 0. The summed E-state index contributed by atoms with van der Waals surface area (Å²) in [4.78, 5) is 17.3. The number of aromatic nitrogens is 3. The van der Waals surface area contributed by atoms with Crippen LogP contribution < -0.4 is 15.8 Å². The Morgan fingerprint density at radius 3 is 2.84 bits per heavy atom. The predicted octanol–water partition coefficient (Wildman–Crippen LogP) is 4.27. The number of nitrogens with one attached hydrogen (secondary N) is 1. The highest BCUT2D eigenvalue weighted by atomic mass is 16.4. The van der Waals surface area contributed by atoms with Crippen molar-refractivity contribution in [3.05, 3.63) is 71.2 Å². The lowest BCUT2D eigenvalue weighted by molar-refractivity contribution is 0.0923. The Morgan fingerprint density at radius 2 is 2.05 bits per heavy atom. The highest BCUT2D eigenvalue weighted by Crippen LogP contribution is 2.30. The van der Waals surface area contributed by atoms with Crippen LogP contribution in [0.3, 0.4) is 0 Å². The number of benzene rings is 2. The molecular weight excluding hydrogens is 468 g/mol. The number of fused-ring (bicyclic) bond motifs is 1. The fourth-order valence-corrected chi connectivity index (χ4v) is 5.13. The van der Waals surface area contributed by atoms with Crippen LogP contribution >= 0.6 is 0 Å². The molecule has 9 nitrogen and oxygen atoms in total. The van der Waals surface area contributed by atoms with Crippen LogP contribution in [0.1, 0.15) is 26.7 Å². The predicted molar refractivity (Wildman–Crippen MR) is 145 cm³/mol. The number of aliphatic hydroxyl groups excluding tert-OH is 1. The zero-order chi connectivity index (χ0) is 25.8. The van der Waals surface area contributed by atoms with E-state index in [0.717, 1.165) is 54.8 Å². The number of aliphatic hydroxyl groups is 1. The van der Waals surface area contributed by atoms with Crippen molar-refractivity contribution < 1.29 is 9.52 Å². The third-order valence-electron chi connectivity index (χ3n) is 7.14.